The van der Waals surface area contributed by atoms with Gasteiger partial charge in [-0.15, -0.1) is 0 Å². The lowest BCUT2D eigenvalue weighted by molar-refractivity contribution is -0.150. The van der Waals surface area contributed by atoms with Crippen molar-refractivity contribution < 1.29 is 9.53 Å². The van der Waals surface area contributed by atoms with Gasteiger partial charge in [0.15, 0.2) is 0 Å². The normalized spacial score (nSPS) is 11.1. The van der Waals surface area contributed by atoms with Crippen molar-refractivity contribution in [2.75, 3.05) is 7.11 Å². The molecule has 0 heterocycles. The average molecular weight is 192 g/mol. The average Bonchev–Trinajstić information content (AvgIpc) is 2.17. The van der Waals surface area contributed by atoms with Crippen LogP contribution >= 0.6 is 0 Å². The highest BCUT2D eigenvalue weighted by Crippen LogP contribution is 2.22. The number of rotatable bonds is 3. The molecule has 0 fully saturated rings. The summed E-state index contributed by atoms with van der Waals surface area (Å²) in [6.45, 7) is 3.79. The maximum Gasteiger partial charge on any atom is 0.311 e. The highest BCUT2D eigenvalue weighted by Gasteiger charge is 2.28. The number of ether oxygens (including phenoxy) is 1. The molecule has 0 N–H and O–H groups in total. The van der Waals surface area contributed by atoms with Crippen LogP contribution in [0.25, 0.3) is 0 Å². The highest BCUT2D eigenvalue weighted by atomic mass is 16.5. The summed E-state index contributed by atoms with van der Waals surface area (Å²) in [7, 11) is 1.43. The van der Waals surface area contributed by atoms with Gasteiger partial charge in [0.05, 0.1) is 12.5 Å². The number of esters is 1. The molecule has 76 valence electrons. The van der Waals surface area contributed by atoms with E-state index in [-0.39, 0.29) is 5.97 Å². The van der Waals surface area contributed by atoms with Crippen LogP contribution in [0.2, 0.25) is 0 Å². The minimum absolute atomic E-state index is 0.165. The summed E-state index contributed by atoms with van der Waals surface area (Å²) >= 11 is 0. The third kappa shape index (κ3) is 2.59. The fourth-order valence-corrected chi connectivity index (χ4v) is 1.45. The van der Waals surface area contributed by atoms with Gasteiger partial charge in [-0.3, -0.25) is 4.79 Å². The summed E-state index contributed by atoms with van der Waals surface area (Å²) in [6.07, 6.45) is 0.709. The molecule has 0 aromatic heterocycles. The van der Waals surface area contributed by atoms with Gasteiger partial charge in [-0.25, -0.2) is 0 Å². The number of methoxy groups -OCH3 is 1. The first-order valence-corrected chi connectivity index (χ1v) is 4.68. The van der Waals surface area contributed by atoms with Crippen molar-refractivity contribution in [2.45, 2.75) is 20.3 Å². The van der Waals surface area contributed by atoms with Gasteiger partial charge >= 0.3 is 5.97 Å². The van der Waals surface area contributed by atoms with Gasteiger partial charge in [0.25, 0.3) is 0 Å². The maximum absolute atomic E-state index is 11.4. The van der Waals surface area contributed by atoms with E-state index >= 15 is 0 Å². The zero-order valence-electron chi connectivity index (χ0n) is 8.91. The van der Waals surface area contributed by atoms with Gasteiger partial charge in [0.1, 0.15) is 0 Å². The maximum atomic E-state index is 11.4. The number of benzene rings is 1. The molecule has 0 unspecified atom stereocenters. The number of carbonyl (C=O) groups is 1. The Kier molecular flexibility index (Phi) is 3.28. The summed E-state index contributed by atoms with van der Waals surface area (Å²) in [4.78, 5) is 11.4. The number of hydrogen-bond acceptors (Lipinski definition) is 2. The minimum Gasteiger partial charge on any atom is -0.469 e. The second kappa shape index (κ2) is 4.27. The molecule has 2 heteroatoms. The van der Waals surface area contributed by atoms with Crippen LogP contribution in [0.4, 0.5) is 0 Å². The van der Waals surface area contributed by atoms with Crippen LogP contribution in [-0.4, -0.2) is 13.1 Å². The molecule has 0 saturated heterocycles. The first kappa shape index (κ1) is 10.8. The van der Waals surface area contributed by atoms with Gasteiger partial charge in [0.2, 0.25) is 0 Å². The molecule has 0 aliphatic heterocycles. The van der Waals surface area contributed by atoms with E-state index in [1.165, 1.54) is 7.11 Å². The molecule has 1 rings (SSSR count). The first-order chi connectivity index (χ1) is 6.56. The zero-order valence-corrected chi connectivity index (χ0v) is 8.91. The predicted molar refractivity (Wildman–Crippen MR) is 55.9 cm³/mol. The molecule has 0 bridgehead atoms. The first-order valence-electron chi connectivity index (χ1n) is 4.68. The van der Waals surface area contributed by atoms with Crippen molar-refractivity contribution in [3.05, 3.63) is 35.9 Å². The molecule has 0 radical (unpaired) electrons. The molecule has 0 saturated carbocycles. The summed E-state index contributed by atoms with van der Waals surface area (Å²) in [5, 5.41) is 0. The monoisotopic (exact) mass is 192 g/mol. The third-order valence-electron chi connectivity index (χ3n) is 2.23. The van der Waals surface area contributed by atoms with Crippen LogP contribution in [0.5, 0.6) is 0 Å². The van der Waals surface area contributed by atoms with Gasteiger partial charge in [-0.05, 0) is 25.8 Å². The molecular formula is C12H16O2. The lowest BCUT2D eigenvalue weighted by Gasteiger charge is -2.21. The topological polar surface area (TPSA) is 26.3 Å². The van der Waals surface area contributed by atoms with Crippen LogP contribution < -0.4 is 0 Å². The molecule has 1 aromatic carbocycles. The Morgan fingerprint density at radius 3 is 2.36 bits per heavy atom. The standard InChI is InChI=1S/C12H16O2/c1-12(2,11(13)14-3)9-10-7-5-4-6-8-10/h4-8H,9H2,1-3H3. The molecule has 0 aliphatic carbocycles. The molecule has 0 atom stereocenters. The highest BCUT2D eigenvalue weighted by molar-refractivity contribution is 5.76. The quantitative estimate of drug-likeness (QED) is 0.687. The number of carbonyl (C=O) groups excluding carboxylic acids is 1. The van der Waals surface area contributed by atoms with Crippen LogP contribution in [-0.2, 0) is 16.0 Å². The second-order valence-corrected chi connectivity index (χ2v) is 4.04. The van der Waals surface area contributed by atoms with E-state index in [2.05, 4.69) is 0 Å². The van der Waals surface area contributed by atoms with Crippen molar-refractivity contribution in [1.29, 1.82) is 0 Å². The Bertz CT molecular complexity index is 301. The Morgan fingerprint density at radius 2 is 1.86 bits per heavy atom. The van der Waals surface area contributed by atoms with Gasteiger partial charge < -0.3 is 4.74 Å². The van der Waals surface area contributed by atoms with Crippen molar-refractivity contribution in [3.63, 3.8) is 0 Å². The van der Waals surface area contributed by atoms with Crippen LogP contribution in [0.1, 0.15) is 19.4 Å². The molecule has 0 spiro atoms. The summed E-state index contributed by atoms with van der Waals surface area (Å²) < 4.78 is 4.75. The fourth-order valence-electron chi connectivity index (χ4n) is 1.45. The van der Waals surface area contributed by atoms with E-state index in [0.717, 1.165) is 5.56 Å². The van der Waals surface area contributed by atoms with Crippen molar-refractivity contribution in [2.24, 2.45) is 5.41 Å². The van der Waals surface area contributed by atoms with E-state index in [1.807, 2.05) is 44.2 Å². The van der Waals surface area contributed by atoms with E-state index in [1.54, 1.807) is 0 Å². The Hall–Kier alpha value is -1.31. The van der Waals surface area contributed by atoms with E-state index in [0.29, 0.717) is 6.42 Å². The zero-order chi connectivity index (χ0) is 10.6. The molecular weight excluding hydrogens is 176 g/mol. The van der Waals surface area contributed by atoms with Crippen LogP contribution in [0.15, 0.2) is 30.3 Å². The molecule has 2 nitrogen and oxygen atoms in total. The largest absolute Gasteiger partial charge is 0.469 e. The van der Waals surface area contributed by atoms with Gasteiger partial charge in [-0.1, -0.05) is 30.3 Å². The van der Waals surface area contributed by atoms with Crippen molar-refractivity contribution in [3.8, 4) is 0 Å². The van der Waals surface area contributed by atoms with Gasteiger partial charge in [0, 0.05) is 0 Å². The van der Waals surface area contributed by atoms with Gasteiger partial charge in [-0.2, -0.15) is 0 Å². The Balaban J connectivity index is 2.73. The predicted octanol–water partition coefficient (Wildman–Crippen LogP) is 2.43. The number of hydrogen-bond donors (Lipinski definition) is 0. The molecule has 14 heavy (non-hydrogen) atoms. The van der Waals surface area contributed by atoms with E-state index < -0.39 is 5.41 Å². The smallest absolute Gasteiger partial charge is 0.311 e. The molecule has 0 aliphatic rings. The van der Waals surface area contributed by atoms with Crippen LogP contribution in [0, 0.1) is 5.41 Å². The molecule has 1 aromatic rings. The van der Waals surface area contributed by atoms with E-state index in [9.17, 15) is 4.79 Å². The summed E-state index contributed by atoms with van der Waals surface area (Å²) in [6, 6.07) is 9.95. The molecule has 0 amide bonds. The van der Waals surface area contributed by atoms with Crippen molar-refractivity contribution >= 4 is 5.97 Å². The second-order valence-electron chi connectivity index (χ2n) is 4.04. The summed E-state index contributed by atoms with van der Waals surface area (Å²) in [5.41, 5.74) is 0.707. The SMILES string of the molecule is COC(=O)C(C)(C)Cc1ccccc1. The Morgan fingerprint density at radius 1 is 1.29 bits per heavy atom. The van der Waals surface area contributed by atoms with E-state index in [4.69, 9.17) is 4.74 Å². The lowest BCUT2D eigenvalue weighted by atomic mass is 9.86. The Labute approximate surface area is 84.9 Å². The fraction of sp³-hybridized carbons (Fsp3) is 0.417. The van der Waals surface area contributed by atoms with Crippen molar-refractivity contribution in [1.82, 2.24) is 0 Å². The minimum atomic E-state index is -0.448. The third-order valence-corrected chi connectivity index (χ3v) is 2.23. The summed E-state index contributed by atoms with van der Waals surface area (Å²) in [5.74, 6) is -0.165. The lowest BCUT2D eigenvalue weighted by Crippen LogP contribution is -2.27. The van der Waals surface area contributed by atoms with Crippen LogP contribution in [0.3, 0.4) is 0 Å².